The molecule has 21 heavy (non-hydrogen) atoms. The van der Waals surface area contributed by atoms with Crippen LogP contribution in [0.3, 0.4) is 0 Å². The van der Waals surface area contributed by atoms with Gasteiger partial charge in [0.15, 0.2) is 0 Å². The van der Waals surface area contributed by atoms with Crippen LogP contribution in [0.2, 0.25) is 0 Å². The van der Waals surface area contributed by atoms with Crippen LogP contribution in [0, 0.1) is 6.92 Å². The summed E-state index contributed by atoms with van der Waals surface area (Å²) in [6.45, 7) is 4.96. The normalized spacial score (nSPS) is 10.8. The van der Waals surface area contributed by atoms with Crippen LogP contribution in [0.15, 0.2) is 42.5 Å². The maximum absolute atomic E-state index is 4.69. The third kappa shape index (κ3) is 2.99. The number of para-hydroxylation sites is 1. The predicted octanol–water partition coefficient (Wildman–Crippen LogP) is 3.82. The van der Waals surface area contributed by atoms with E-state index in [9.17, 15) is 0 Å². The van der Waals surface area contributed by atoms with Crippen molar-refractivity contribution >= 4 is 16.9 Å². The van der Waals surface area contributed by atoms with Crippen LogP contribution in [0.1, 0.15) is 19.0 Å². The van der Waals surface area contributed by atoms with Crippen molar-refractivity contribution in [2.45, 2.75) is 20.3 Å². The fourth-order valence-corrected chi connectivity index (χ4v) is 2.22. The molecule has 0 radical (unpaired) electrons. The van der Waals surface area contributed by atoms with E-state index in [-0.39, 0.29) is 0 Å². The fourth-order valence-electron chi connectivity index (χ4n) is 2.22. The number of fused-ring (bicyclic) bond motifs is 1. The number of aromatic nitrogens is 3. The number of nitrogens with zero attached hydrogens (tertiary/aromatic N) is 3. The zero-order chi connectivity index (χ0) is 14.7. The Bertz CT molecular complexity index is 768. The van der Waals surface area contributed by atoms with Crippen LogP contribution < -0.4 is 5.32 Å². The summed E-state index contributed by atoms with van der Waals surface area (Å²) in [5, 5.41) is 4.37. The summed E-state index contributed by atoms with van der Waals surface area (Å²) in [6, 6.07) is 14.1. The molecule has 0 atom stereocenters. The number of benzene rings is 1. The molecule has 0 aliphatic rings. The maximum atomic E-state index is 4.69. The Morgan fingerprint density at radius 1 is 0.952 bits per heavy atom. The van der Waals surface area contributed by atoms with Gasteiger partial charge in [0.2, 0.25) is 5.95 Å². The summed E-state index contributed by atoms with van der Waals surface area (Å²) in [5.41, 5.74) is 3.65. The largest absolute Gasteiger partial charge is 0.354 e. The number of hydrogen-bond donors (Lipinski definition) is 1. The van der Waals surface area contributed by atoms with Crippen LogP contribution in [0.5, 0.6) is 0 Å². The minimum atomic E-state index is 0.668. The van der Waals surface area contributed by atoms with Gasteiger partial charge in [-0.25, -0.2) is 15.0 Å². The van der Waals surface area contributed by atoms with Gasteiger partial charge in [0.05, 0.1) is 16.9 Å². The minimum Gasteiger partial charge on any atom is -0.354 e. The van der Waals surface area contributed by atoms with Crippen molar-refractivity contribution in [1.82, 2.24) is 15.0 Å². The maximum Gasteiger partial charge on any atom is 0.223 e. The lowest BCUT2D eigenvalue weighted by atomic mass is 10.1. The van der Waals surface area contributed by atoms with Gasteiger partial charge in [0.25, 0.3) is 0 Å². The van der Waals surface area contributed by atoms with E-state index in [4.69, 9.17) is 0 Å². The molecule has 0 saturated carbocycles. The summed E-state index contributed by atoms with van der Waals surface area (Å²) in [5.74, 6) is 0.668. The Morgan fingerprint density at radius 3 is 2.67 bits per heavy atom. The molecule has 2 aromatic heterocycles. The highest BCUT2D eigenvalue weighted by Gasteiger charge is 2.06. The number of aryl methyl sites for hydroxylation is 1. The van der Waals surface area contributed by atoms with Crippen LogP contribution in [-0.2, 0) is 0 Å². The Kier molecular flexibility index (Phi) is 3.77. The average molecular weight is 278 g/mol. The Labute approximate surface area is 124 Å². The van der Waals surface area contributed by atoms with Crippen molar-refractivity contribution in [3.63, 3.8) is 0 Å². The van der Waals surface area contributed by atoms with Gasteiger partial charge in [-0.1, -0.05) is 31.2 Å². The second-order valence-electron chi connectivity index (χ2n) is 5.03. The van der Waals surface area contributed by atoms with E-state index in [1.165, 1.54) is 0 Å². The molecule has 0 fully saturated rings. The predicted molar refractivity (Wildman–Crippen MR) is 86.3 cm³/mol. The molecule has 0 amide bonds. The number of rotatable bonds is 4. The first-order chi connectivity index (χ1) is 10.3. The smallest absolute Gasteiger partial charge is 0.223 e. The zero-order valence-corrected chi connectivity index (χ0v) is 12.3. The van der Waals surface area contributed by atoms with E-state index >= 15 is 0 Å². The summed E-state index contributed by atoms with van der Waals surface area (Å²) >= 11 is 0. The highest BCUT2D eigenvalue weighted by atomic mass is 15.1. The summed E-state index contributed by atoms with van der Waals surface area (Å²) in [6.07, 6.45) is 1.04. The SMILES string of the molecule is CCCNc1nc(C)cc(-c2ccc3ccccc3n2)n1. The second-order valence-corrected chi connectivity index (χ2v) is 5.03. The highest BCUT2D eigenvalue weighted by molar-refractivity contribution is 5.81. The van der Waals surface area contributed by atoms with Crippen LogP contribution in [0.25, 0.3) is 22.3 Å². The molecule has 0 saturated heterocycles. The zero-order valence-electron chi connectivity index (χ0n) is 12.3. The molecule has 1 aromatic carbocycles. The summed E-state index contributed by atoms with van der Waals surface area (Å²) in [4.78, 5) is 13.7. The first-order valence-corrected chi connectivity index (χ1v) is 7.22. The third-order valence-corrected chi connectivity index (χ3v) is 3.25. The molecule has 4 heteroatoms. The number of pyridine rings is 1. The molecule has 0 unspecified atom stereocenters. The molecule has 106 valence electrons. The van der Waals surface area contributed by atoms with Crippen molar-refractivity contribution in [2.75, 3.05) is 11.9 Å². The van der Waals surface area contributed by atoms with Crippen molar-refractivity contribution in [2.24, 2.45) is 0 Å². The number of anilines is 1. The van der Waals surface area contributed by atoms with E-state index in [1.54, 1.807) is 0 Å². The van der Waals surface area contributed by atoms with E-state index in [2.05, 4.69) is 39.3 Å². The number of nitrogens with one attached hydrogen (secondary N) is 1. The van der Waals surface area contributed by atoms with Gasteiger partial charge >= 0.3 is 0 Å². The van der Waals surface area contributed by atoms with Crippen LogP contribution >= 0.6 is 0 Å². The first kappa shape index (κ1) is 13.5. The van der Waals surface area contributed by atoms with Gasteiger partial charge < -0.3 is 5.32 Å². The van der Waals surface area contributed by atoms with Crippen molar-refractivity contribution < 1.29 is 0 Å². The van der Waals surface area contributed by atoms with Crippen molar-refractivity contribution in [3.05, 3.63) is 48.2 Å². The van der Waals surface area contributed by atoms with E-state index in [0.717, 1.165) is 41.0 Å². The second kappa shape index (κ2) is 5.87. The van der Waals surface area contributed by atoms with Crippen LogP contribution in [-0.4, -0.2) is 21.5 Å². The molecule has 4 nitrogen and oxygen atoms in total. The molecule has 0 bridgehead atoms. The van der Waals surface area contributed by atoms with E-state index in [0.29, 0.717) is 5.95 Å². The fraction of sp³-hybridized carbons (Fsp3) is 0.235. The van der Waals surface area contributed by atoms with E-state index < -0.39 is 0 Å². The van der Waals surface area contributed by atoms with Gasteiger partial charge in [0, 0.05) is 17.6 Å². The standard InChI is InChI=1S/C17H18N4/c1-3-10-18-17-19-12(2)11-16(21-17)15-9-8-13-6-4-5-7-14(13)20-15/h4-9,11H,3,10H2,1-2H3,(H,18,19,21). The Morgan fingerprint density at radius 2 is 1.81 bits per heavy atom. The summed E-state index contributed by atoms with van der Waals surface area (Å²) < 4.78 is 0. The molecule has 3 aromatic rings. The van der Waals surface area contributed by atoms with Gasteiger partial charge in [-0.2, -0.15) is 0 Å². The van der Waals surface area contributed by atoms with Crippen molar-refractivity contribution in [1.29, 1.82) is 0 Å². The third-order valence-electron chi connectivity index (χ3n) is 3.25. The van der Waals surface area contributed by atoms with Crippen LogP contribution in [0.4, 0.5) is 5.95 Å². The molecule has 0 aliphatic heterocycles. The van der Waals surface area contributed by atoms with Crippen molar-refractivity contribution in [3.8, 4) is 11.4 Å². The van der Waals surface area contributed by atoms with Gasteiger partial charge in [-0.05, 0) is 31.5 Å². The molecule has 0 spiro atoms. The molecule has 0 aliphatic carbocycles. The quantitative estimate of drug-likeness (QED) is 0.788. The lowest BCUT2D eigenvalue weighted by Crippen LogP contribution is -2.06. The Hall–Kier alpha value is -2.49. The molecular weight excluding hydrogens is 260 g/mol. The van der Waals surface area contributed by atoms with Gasteiger partial charge in [0.1, 0.15) is 0 Å². The minimum absolute atomic E-state index is 0.668. The molecule has 1 N–H and O–H groups in total. The molecule has 2 heterocycles. The first-order valence-electron chi connectivity index (χ1n) is 7.22. The van der Waals surface area contributed by atoms with E-state index in [1.807, 2.05) is 37.3 Å². The topological polar surface area (TPSA) is 50.7 Å². The summed E-state index contributed by atoms with van der Waals surface area (Å²) in [7, 11) is 0. The van der Waals surface area contributed by atoms with Gasteiger partial charge in [-0.15, -0.1) is 0 Å². The molecular formula is C17H18N4. The van der Waals surface area contributed by atoms with Gasteiger partial charge in [-0.3, -0.25) is 0 Å². The molecule has 3 rings (SSSR count). The average Bonchev–Trinajstić information content (AvgIpc) is 2.52. The lowest BCUT2D eigenvalue weighted by molar-refractivity contribution is 0.946. The highest BCUT2D eigenvalue weighted by Crippen LogP contribution is 2.20. The number of hydrogen-bond acceptors (Lipinski definition) is 4. The Balaban J connectivity index is 2.02. The monoisotopic (exact) mass is 278 g/mol. The lowest BCUT2D eigenvalue weighted by Gasteiger charge is -2.07.